The molecule has 0 heteroatoms. The summed E-state index contributed by atoms with van der Waals surface area (Å²) in [4.78, 5) is 0. The second-order valence-electron chi connectivity index (χ2n) is 1.75. The van der Waals surface area contributed by atoms with E-state index in [1.807, 2.05) is 0 Å². The zero-order valence-corrected chi connectivity index (χ0v) is 5.04. The van der Waals surface area contributed by atoms with Crippen LogP contribution in [0.25, 0.3) is 0 Å². The van der Waals surface area contributed by atoms with Crippen LogP contribution < -0.4 is 0 Å². The zero-order chi connectivity index (χ0) is 5.70. The van der Waals surface area contributed by atoms with Crippen molar-refractivity contribution in [3.63, 3.8) is 0 Å². The Kier molecular flexibility index (Phi) is 3.58. The van der Waals surface area contributed by atoms with Gasteiger partial charge in [-0.25, -0.2) is 0 Å². The van der Waals surface area contributed by atoms with Crippen LogP contribution in [0.1, 0.15) is 26.2 Å². The topological polar surface area (TPSA) is 0 Å². The SMILES string of the molecule is C=C(C[CH2+])CCC. The Labute approximate surface area is 46.2 Å². The minimum Gasteiger partial charge on any atom is -0.0956 e. The molecule has 0 aromatic heterocycles. The zero-order valence-electron chi connectivity index (χ0n) is 5.04. The quantitative estimate of drug-likeness (QED) is 0.375. The first-order chi connectivity index (χ1) is 3.31. The van der Waals surface area contributed by atoms with Gasteiger partial charge < -0.3 is 0 Å². The van der Waals surface area contributed by atoms with Crippen molar-refractivity contribution < 1.29 is 0 Å². The van der Waals surface area contributed by atoms with E-state index in [-0.39, 0.29) is 0 Å². The van der Waals surface area contributed by atoms with Gasteiger partial charge >= 0.3 is 0 Å². The highest BCUT2D eigenvalue weighted by Gasteiger charge is 1.88. The molecule has 40 valence electrons. The third-order valence-corrected chi connectivity index (χ3v) is 0.957. The van der Waals surface area contributed by atoms with Crippen molar-refractivity contribution in [1.29, 1.82) is 0 Å². The van der Waals surface area contributed by atoms with E-state index in [0.29, 0.717) is 0 Å². The average molecular weight is 97.2 g/mol. The second kappa shape index (κ2) is 3.79. The van der Waals surface area contributed by atoms with Crippen molar-refractivity contribution in [2.75, 3.05) is 0 Å². The fourth-order valence-corrected chi connectivity index (χ4v) is 0.479. The van der Waals surface area contributed by atoms with Crippen molar-refractivity contribution in [3.05, 3.63) is 19.1 Å². The molecule has 0 saturated heterocycles. The second-order valence-corrected chi connectivity index (χ2v) is 1.75. The molecule has 0 bridgehead atoms. The molecule has 0 aromatic rings. The number of allylic oxidation sites excluding steroid dienone is 1. The molecular formula is C7H13+. The van der Waals surface area contributed by atoms with Gasteiger partial charge in [0.25, 0.3) is 0 Å². The van der Waals surface area contributed by atoms with Crippen LogP contribution in [0.5, 0.6) is 0 Å². The van der Waals surface area contributed by atoms with Gasteiger partial charge in [-0.3, -0.25) is 0 Å². The van der Waals surface area contributed by atoms with E-state index in [1.165, 1.54) is 12.0 Å². The lowest BCUT2D eigenvalue weighted by Crippen LogP contribution is -1.74. The van der Waals surface area contributed by atoms with Gasteiger partial charge in [0.15, 0.2) is 0 Å². The molecule has 0 radical (unpaired) electrons. The molecule has 0 spiro atoms. The van der Waals surface area contributed by atoms with Gasteiger partial charge in [0.1, 0.15) is 6.42 Å². The monoisotopic (exact) mass is 97.1 g/mol. The van der Waals surface area contributed by atoms with E-state index in [1.54, 1.807) is 0 Å². The molecule has 0 unspecified atom stereocenters. The molecule has 0 aliphatic carbocycles. The maximum atomic E-state index is 3.80. The lowest BCUT2D eigenvalue weighted by Gasteiger charge is -1.89. The van der Waals surface area contributed by atoms with Crippen molar-refractivity contribution >= 4 is 0 Å². The predicted octanol–water partition coefficient (Wildman–Crippen LogP) is 2.57. The van der Waals surface area contributed by atoms with Crippen LogP contribution in [0.3, 0.4) is 0 Å². The van der Waals surface area contributed by atoms with E-state index in [2.05, 4.69) is 20.4 Å². The third-order valence-electron chi connectivity index (χ3n) is 0.957. The molecule has 0 N–H and O–H groups in total. The highest BCUT2D eigenvalue weighted by atomic mass is 13.9. The van der Waals surface area contributed by atoms with Gasteiger partial charge in [0, 0.05) is 0 Å². The summed E-state index contributed by atoms with van der Waals surface area (Å²) >= 11 is 0. The van der Waals surface area contributed by atoms with Crippen LogP contribution in [0.4, 0.5) is 0 Å². The molecule has 0 atom stereocenters. The molecule has 0 heterocycles. The number of hydrogen-bond donors (Lipinski definition) is 0. The lowest BCUT2D eigenvalue weighted by molar-refractivity contribution is 0.884. The minimum atomic E-state index is 0.897. The van der Waals surface area contributed by atoms with Crippen LogP contribution in [0, 0.1) is 6.92 Å². The highest BCUT2D eigenvalue weighted by Crippen LogP contribution is 2.03. The van der Waals surface area contributed by atoms with Crippen LogP contribution in [-0.4, -0.2) is 0 Å². The highest BCUT2D eigenvalue weighted by molar-refractivity contribution is 4.93. The summed E-state index contributed by atoms with van der Waals surface area (Å²) in [6.45, 7) is 9.66. The van der Waals surface area contributed by atoms with E-state index in [4.69, 9.17) is 0 Å². The normalized spacial score (nSPS) is 8.71. The third kappa shape index (κ3) is 3.44. The summed E-state index contributed by atoms with van der Waals surface area (Å²) in [5.74, 6) is 0. The fraction of sp³-hybridized carbons (Fsp3) is 0.571. The first-order valence-electron chi connectivity index (χ1n) is 2.77. The molecule has 0 amide bonds. The minimum absolute atomic E-state index is 0.897. The van der Waals surface area contributed by atoms with Gasteiger partial charge in [-0.05, 0) is 12.0 Å². The van der Waals surface area contributed by atoms with E-state index < -0.39 is 0 Å². The summed E-state index contributed by atoms with van der Waals surface area (Å²) in [7, 11) is 0. The van der Waals surface area contributed by atoms with Crippen molar-refractivity contribution in [2.45, 2.75) is 26.2 Å². The summed E-state index contributed by atoms with van der Waals surface area (Å²) in [5.41, 5.74) is 1.27. The standard InChI is InChI=1S/C7H13/c1-4-6-7(3)5-2/h2-6H2,1H3/q+1. The largest absolute Gasteiger partial charge is 0.106 e. The molecular weight excluding hydrogens is 84.1 g/mol. The maximum absolute atomic E-state index is 3.80. The lowest BCUT2D eigenvalue weighted by atomic mass is 10.1. The first kappa shape index (κ1) is 6.61. The Balaban J connectivity index is 3.00. The maximum Gasteiger partial charge on any atom is 0.106 e. The molecule has 0 aliphatic rings. The Hall–Kier alpha value is -0.390. The van der Waals surface area contributed by atoms with Gasteiger partial charge in [-0.2, -0.15) is 0 Å². The van der Waals surface area contributed by atoms with Crippen molar-refractivity contribution in [3.8, 4) is 0 Å². The molecule has 0 rings (SSSR count). The van der Waals surface area contributed by atoms with Crippen molar-refractivity contribution in [2.24, 2.45) is 0 Å². The Morgan fingerprint density at radius 3 is 2.43 bits per heavy atom. The predicted molar refractivity (Wildman–Crippen MR) is 34.0 cm³/mol. The molecule has 0 aromatic carbocycles. The van der Waals surface area contributed by atoms with E-state index in [9.17, 15) is 0 Å². The summed E-state index contributed by atoms with van der Waals surface area (Å²) in [6.07, 6.45) is 3.24. The van der Waals surface area contributed by atoms with E-state index in [0.717, 1.165) is 12.8 Å². The molecule has 0 fully saturated rings. The molecule has 0 nitrogen and oxygen atoms in total. The summed E-state index contributed by atoms with van der Waals surface area (Å²) in [5, 5.41) is 0. The average Bonchev–Trinajstić information content (AvgIpc) is 1.68. The molecule has 0 aliphatic heterocycles. The van der Waals surface area contributed by atoms with Crippen LogP contribution in [0.2, 0.25) is 0 Å². The van der Waals surface area contributed by atoms with Crippen LogP contribution >= 0.6 is 0 Å². The van der Waals surface area contributed by atoms with Crippen LogP contribution in [0.15, 0.2) is 12.2 Å². The van der Waals surface area contributed by atoms with Crippen molar-refractivity contribution in [1.82, 2.24) is 0 Å². The Morgan fingerprint density at radius 1 is 1.71 bits per heavy atom. The summed E-state index contributed by atoms with van der Waals surface area (Å²) in [6, 6.07) is 0. The number of rotatable bonds is 3. The van der Waals surface area contributed by atoms with E-state index >= 15 is 0 Å². The van der Waals surface area contributed by atoms with Gasteiger partial charge in [-0.15, -0.1) is 0 Å². The van der Waals surface area contributed by atoms with Gasteiger partial charge in [-0.1, -0.05) is 19.9 Å². The first-order valence-corrected chi connectivity index (χ1v) is 2.77. The molecule has 7 heavy (non-hydrogen) atoms. The smallest absolute Gasteiger partial charge is 0.0956 e. The summed E-state index contributed by atoms with van der Waals surface area (Å²) < 4.78 is 0. The van der Waals surface area contributed by atoms with Crippen LogP contribution in [-0.2, 0) is 0 Å². The fourth-order valence-electron chi connectivity index (χ4n) is 0.479. The Morgan fingerprint density at radius 2 is 2.29 bits per heavy atom. The molecule has 0 saturated carbocycles. The van der Waals surface area contributed by atoms with Gasteiger partial charge in [0.2, 0.25) is 0 Å². The Bertz CT molecular complexity index is 53.1. The number of hydrogen-bond acceptors (Lipinski definition) is 0. The van der Waals surface area contributed by atoms with Gasteiger partial charge in [0.05, 0.1) is 6.92 Å².